The summed E-state index contributed by atoms with van der Waals surface area (Å²) < 4.78 is 0. The number of nitrogens with zero attached hydrogens (tertiary/aromatic N) is 2. The Morgan fingerprint density at radius 2 is 1.81 bits per heavy atom. The van der Waals surface area contributed by atoms with Crippen LogP contribution >= 0.6 is 24.8 Å². The zero-order valence-electron chi connectivity index (χ0n) is 12.9. The van der Waals surface area contributed by atoms with Crippen molar-refractivity contribution >= 4 is 30.7 Å². The third-order valence-electron chi connectivity index (χ3n) is 5.33. The maximum Gasteiger partial charge on any atom is 0.224 e. The van der Waals surface area contributed by atoms with Gasteiger partial charge in [-0.2, -0.15) is 0 Å². The Morgan fingerprint density at radius 3 is 2.29 bits per heavy atom. The molecule has 4 unspecified atom stereocenters. The van der Waals surface area contributed by atoms with Gasteiger partial charge in [0.25, 0.3) is 0 Å². The average Bonchev–Trinajstić information content (AvgIpc) is 3.00. The van der Waals surface area contributed by atoms with Crippen molar-refractivity contribution in [2.24, 2.45) is 17.6 Å². The minimum Gasteiger partial charge on any atom is -0.340 e. The molecule has 2 N–H and O–H groups in total. The van der Waals surface area contributed by atoms with E-state index in [4.69, 9.17) is 5.73 Å². The first-order valence-electron chi connectivity index (χ1n) is 7.91. The summed E-state index contributed by atoms with van der Waals surface area (Å²) in [7, 11) is 0. The number of halogens is 2. The normalized spacial score (nSPS) is 33.2. The Balaban J connectivity index is 0.00000110. The molecule has 1 aliphatic heterocycles. The van der Waals surface area contributed by atoms with E-state index in [9.17, 15) is 4.79 Å². The van der Waals surface area contributed by atoms with E-state index in [1.165, 1.54) is 25.7 Å². The summed E-state index contributed by atoms with van der Waals surface area (Å²) in [6.07, 6.45) is 6.29. The number of nitrogens with two attached hydrogens (primary N) is 1. The summed E-state index contributed by atoms with van der Waals surface area (Å²) in [4.78, 5) is 16.7. The second-order valence-electron chi connectivity index (χ2n) is 6.84. The number of rotatable bonds is 3. The van der Waals surface area contributed by atoms with E-state index in [2.05, 4.69) is 4.90 Å². The number of fused-ring (bicyclic) bond motifs is 2. The molecule has 1 amide bonds. The van der Waals surface area contributed by atoms with E-state index in [-0.39, 0.29) is 36.8 Å². The second-order valence-corrected chi connectivity index (χ2v) is 6.84. The molecule has 6 heteroatoms. The van der Waals surface area contributed by atoms with Gasteiger partial charge in [0.15, 0.2) is 0 Å². The van der Waals surface area contributed by atoms with Crippen molar-refractivity contribution in [3.63, 3.8) is 0 Å². The molecule has 0 aromatic carbocycles. The molecule has 3 aliphatic rings. The predicted octanol–water partition coefficient (Wildman–Crippen LogP) is 1.90. The van der Waals surface area contributed by atoms with Crippen LogP contribution in [0.15, 0.2) is 0 Å². The van der Waals surface area contributed by atoms with E-state index >= 15 is 0 Å². The topological polar surface area (TPSA) is 49.6 Å². The molecule has 124 valence electrons. The first-order valence-corrected chi connectivity index (χ1v) is 7.91. The van der Waals surface area contributed by atoms with Crippen molar-refractivity contribution in [2.75, 3.05) is 26.2 Å². The Hall–Kier alpha value is -0.0300. The maximum atomic E-state index is 12.0. The van der Waals surface area contributed by atoms with E-state index in [1.807, 2.05) is 11.8 Å². The number of hydrogen-bond donors (Lipinski definition) is 1. The zero-order valence-corrected chi connectivity index (χ0v) is 14.5. The predicted molar refractivity (Wildman–Crippen MR) is 90.2 cm³/mol. The third kappa shape index (κ3) is 4.25. The minimum absolute atomic E-state index is 0. The van der Waals surface area contributed by atoms with Gasteiger partial charge in [-0.15, -0.1) is 24.8 Å². The summed E-state index contributed by atoms with van der Waals surface area (Å²) in [5.41, 5.74) is 5.71. The molecule has 0 aromatic rings. The fourth-order valence-electron chi connectivity index (χ4n) is 4.37. The summed E-state index contributed by atoms with van der Waals surface area (Å²) in [5, 5.41) is 0. The Labute approximate surface area is 140 Å². The van der Waals surface area contributed by atoms with Crippen LogP contribution in [0.25, 0.3) is 0 Å². The van der Waals surface area contributed by atoms with Crippen LogP contribution in [0.5, 0.6) is 0 Å². The van der Waals surface area contributed by atoms with Gasteiger partial charge in [-0.1, -0.05) is 6.42 Å². The van der Waals surface area contributed by atoms with Crippen molar-refractivity contribution < 1.29 is 4.79 Å². The lowest BCUT2D eigenvalue weighted by Crippen LogP contribution is -2.53. The first-order chi connectivity index (χ1) is 9.13. The van der Waals surface area contributed by atoms with Gasteiger partial charge < -0.3 is 10.6 Å². The number of piperazine rings is 1. The molecule has 0 spiro atoms. The summed E-state index contributed by atoms with van der Waals surface area (Å²) >= 11 is 0. The van der Waals surface area contributed by atoms with Gasteiger partial charge in [0, 0.05) is 44.7 Å². The lowest BCUT2D eigenvalue weighted by molar-refractivity contribution is -0.133. The first kappa shape index (κ1) is 19.0. The third-order valence-corrected chi connectivity index (χ3v) is 5.33. The maximum absolute atomic E-state index is 12.0. The van der Waals surface area contributed by atoms with Crippen LogP contribution in [0.2, 0.25) is 0 Å². The standard InChI is InChI=1S/C15H27N3O.2ClH/c1-11(16)8-15(19)18-6-4-17(5-7-18)14-10-12-2-3-13(14)9-12;;/h11-14H,2-10,16H2,1H3;2*1H. The van der Waals surface area contributed by atoms with Crippen molar-refractivity contribution in [2.45, 2.75) is 51.1 Å². The van der Waals surface area contributed by atoms with Crippen LogP contribution in [0.3, 0.4) is 0 Å². The van der Waals surface area contributed by atoms with Crippen molar-refractivity contribution in [1.82, 2.24) is 9.80 Å². The highest BCUT2D eigenvalue weighted by Crippen LogP contribution is 2.46. The molecule has 1 heterocycles. The van der Waals surface area contributed by atoms with Crippen molar-refractivity contribution in [1.29, 1.82) is 0 Å². The molecule has 4 atom stereocenters. The molecular formula is C15H29Cl2N3O. The largest absolute Gasteiger partial charge is 0.340 e. The van der Waals surface area contributed by atoms with Gasteiger partial charge in [0.1, 0.15) is 0 Å². The van der Waals surface area contributed by atoms with E-state index < -0.39 is 0 Å². The molecule has 2 aliphatic carbocycles. The lowest BCUT2D eigenvalue weighted by atomic mass is 9.93. The fourth-order valence-corrected chi connectivity index (χ4v) is 4.37. The number of carbonyl (C=O) groups excluding carboxylic acids is 1. The van der Waals surface area contributed by atoms with Gasteiger partial charge in [0.2, 0.25) is 5.91 Å². The summed E-state index contributed by atoms with van der Waals surface area (Å²) in [6, 6.07) is 0.806. The van der Waals surface area contributed by atoms with Gasteiger partial charge >= 0.3 is 0 Å². The van der Waals surface area contributed by atoms with Crippen molar-refractivity contribution in [3.8, 4) is 0 Å². The van der Waals surface area contributed by atoms with Gasteiger partial charge in [-0.25, -0.2) is 0 Å². The van der Waals surface area contributed by atoms with Gasteiger partial charge in [-0.05, 0) is 38.0 Å². The minimum atomic E-state index is -0.0175. The molecule has 3 rings (SSSR count). The molecular weight excluding hydrogens is 309 g/mol. The monoisotopic (exact) mass is 337 g/mol. The lowest BCUT2D eigenvalue weighted by Gasteiger charge is -2.41. The molecule has 1 saturated heterocycles. The molecule has 2 saturated carbocycles. The van der Waals surface area contributed by atoms with Gasteiger partial charge in [0.05, 0.1) is 0 Å². The molecule has 4 nitrogen and oxygen atoms in total. The van der Waals surface area contributed by atoms with Crippen LogP contribution in [-0.2, 0) is 4.79 Å². The Bertz CT molecular complexity index is 346. The Morgan fingerprint density at radius 1 is 1.14 bits per heavy atom. The zero-order chi connectivity index (χ0) is 13.4. The van der Waals surface area contributed by atoms with Crippen LogP contribution < -0.4 is 5.73 Å². The van der Waals surface area contributed by atoms with Crippen LogP contribution in [0, 0.1) is 11.8 Å². The van der Waals surface area contributed by atoms with Crippen molar-refractivity contribution in [3.05, 3.63) is 0 Å². The molecule has 21 heavy (non-hydrogen) atoms. The summed E-state index contributed by atoms with van der Waals surface area (Å²) in [6.45, 7) is 5.85. The van der Waals surface area contributed by atoms with Gasteiger partial charge in [-0.3, -0.25) is 9.69 Å². The summed E-state index contributed by atoms with van der Waals surface area (Å²) in [5.74, 6) is 2.20. The molecule has 3 fully saturated rings. The van der Waals surface area contributed by atoms with E-state index in [1.54, 1.807) is 0 Å². The molecule has 0 aromatic heterocycles. The second kappa shape index (κ2) is 8.00. The number of hydrogen-bond acceptors (Lipinski definition) is 3. The molecule has 2 bridgehead atoms. The quantitative estimate of drug-likeness (QED) is 0.855. The fraction of sp³-hybridized carbons (Fsp3) is 0.933. The highest BCUT2D eigenvalue weighted by molar-refractivity contribution is 5.85. The SMILES string of the molecule is CC(N)CC(=O)N1CCN(C2CC3CCC2C3)CC1.Cl.Cl. The number of amides is 1. The van der Waals surface area contributed by atoms with Crippen LogP contribution in [-0.4, -0.2) is 54.0 Å². The smallest absolute Gasteiger partial charge is 0.224 e. The van der Waals surface area contributed by atoms with Crippen LogP contribution in [0.1, 0.15) is 39.0 Å². The molecule has 0 radical (unpaired) electrons. The average molecular weight is 338 g/mol. The van der Waals surface area contributed by atoms with E-state index in [0.29, 0.717) is 6.42 Å². The van der Waals surface area contributed by atoms with E-state index in [0.717, 1.165) is 44.1 Å². The van der Waals surface area contributed by atoms with Crippen LogP contribution in [0.4, 0.5) is 0 Å². The number of carbonyl (C=O) groups is 1. The Kier molecular flexibility index (Phi) is 7.25. The highest BCUT2D eigenvalue weighted by Gasteiger charge is 2.42. The highest BCUT2D eigenvalue weighted by atomic mass is 35.5.